The second-order valence-corrected chi connectivity index (χ2v) is 3.61. The Morgan fingerprint density at radius 2 is 2.12 bits per heavy atom. The van der Waals surface area contributed by atoms with Crippen LogP contribution in [0.5, 0.6) is 0 Å². The zero-order valence-corrected chi connectivity index (χ0v) is 10.2. The SMILES string of the molecule is C/C=C\C(=C/CC)NC(=O)c1ccccc1N. The van der Waals surface area contributed by atoms with Crippen molar-refractivity contribution in [1.82, 2.24) is 5.32 Å². The molecule has 0 saturated heterocycles. The van der Waals surface area contributed by atoms with E-state index in [4.69, 9.17) is 5.73 Å². The fourth-order valence-corrected chi connectivity index (χ4v) is 1.46. The highest BCUT2D eigenvalue weighted by Gasteiger charge is 2.08. The second-order valence-electron chi connectivity index (χ2n) is 3.61. The Labute approximate surface area is 102 Å². The number of carbonyl (C=O) groups excluding carboxylic acids is 1. The molecule has 0 aliphatic heterocycles. The van der Waals surface area contributed by atoms with Gasteiger partial charge in [-0.3, -0.25) is 4.79 Å². The molecule has 3 nitrogen and oxygen atoms in total. The first-order valence-electron chi connectivity index (χ1n) is 5.67. The van der Waals surface area contributed by atoms with Crippen LogP contribution in [0.4, 0.5) is 5.69 Å². The van der Waals surface area contributed by atoms with Crippen molar-refractivity contribution in [2.45, 2.75) is 20.3 Å². The Bertz CT molecular complexity index is 447. The normalized spacial score (nSPS) is 11.8. The number of para-hydroxylation sites is 1. The van der Waals surface area contributed by atoms with Gasteiger partial charge in [0.25, 0.3) is 5.91 Å². The van der Waals surface area contributed by atoms with Gasteiger partial charge in [0.1, 0.15) is 0 Å². The third-order valence-corrected chi connectivity index (χ3v) is 2.23. The van der Waals surface area contributed by atoms with E-state index in [0.29, 0.717) is 11.3 Å². The van der Waals surface area contributed by atoms with E-state index in [-0.39, 0.29) is 5.91 Å². The molecule has 1 aromatic rings. The lowest BCUT2D eigenvalue weighted by molar-refractivity contribution is 0.0968. The number of allylic oxidation sites excluding steroid dienone is 3. The number of nitrogen functional groups attached to an aromatic ring is 1. The summed E-state index contributed by atoms with van der Waals surface area (Å²) in [5.41, 5.74) is 7.53. The van der Waals surface area contributed by atoms with Crippen LogP contribution in [0.15, 0.2) is 48.2 Å². The monoisotopic (exact) mass is 230 g/mol. The van der Waals surface area contributed by atoms with Gasteiger partial charge in [-0.05, 0) is 31.6 Å². The lowest BCUT2D eigenvalue weighted by Gasteiger charge is -2.08. The van der Waals surface area contributed by atoms with Crippen molar-refractivity contribution in [3.63, 3.8) is 0 Å². The first-order valence-corrected chi connectivity index (χ1v) is 5.67. The largest absolute Gasteiger partial charge is 0.398 e. The van der Waals surface area contributed by atoms with Crippen molar-refractivity contribution < 1.29 is 4.79 Å². The van der Waals surface area contributed by atoms with Crippen LogP contribution in [0.3, 0.4) is 0 Å². The summed E-state index contributed by atoms with van der Waals surface area (Å²) in [5, 5.41) is 2.83. The van der Waals surface area contributed by atoms with Gasteiger partial charge in [0.2, 0.25) is 0 Å². The predicted octanol–water partition coefficient (Wildman–Crippen LogP) is 2.87. The first kappa shape index (κ1) is 13.0. The standard InChI is InChI=1S/C14H18N2O/c1-3-7-11(8-4-2)16-14(17)12-9-5-6-10-13(12)15/h3,5-10H,4,15H2,1-2H3,(H,16,17)/b7-3-,11-8+. The number of benzene rings is 1. The summed E-state index contributed by atoms with van der Waals surface area (Å²) < 4.78 is 0. The summed E-state index contributed by atoms with van der Waals surface area (Å²) >= 11 is 0. The maximum Gasteiger partial charge on any atom is 0.257 e. The molecular formula is C14H18N2O. The summed E-state index contributed by atoms with van der Waals surface area (Å²) in [6.45, 7) is 3.93. The van der Waals surface area contributed by atoms with Crippen LogP contribution in [0.1, 0.15) is 30.6 Å². The molecule has 1 amide bonds. The molecule has 1 aromatic carbocycles. The van der Waals surface area contributed by atoms with Crippen LogP contribution in [0.2, 0.25) is 0 Å². The van der Waals surface area contributed by atoms with Gasteiger partial charge in [0, 0.05) is 11.4 Å². The van der Waals surface area contributed by atoms with E-state index in [1.165, 1.54) is 0 Å². The number of hydrogen-bond acceptors (Lipinski definition) is 2. The van der Waals surface area contributed by atoms with Crippen molar-refractivity contribution in [3.8, 4) is 0 Å². The molecule has 0 saturated carbocycles. The topological polar surface area (TPSA) is 55.1 Å². The highest BCUT2D eigenvalue weighted by Crippen LogP contribution is 2.11. The van der Waals surface area contributed by atoms with Crippen LogP contribution in [-0.2, 0) is 0 Å². The third-order valence-electron chi connectivity index (χ3n) is 2.23. The average molecular weight is 230 g/mol. The van der Waals surface area contributed by atoms with Gasteiger partial charge in [0.05, 0.1) is 5.56 Å². The molecule has 0 radical (unpaired) electrons. The van der Waals surface area contributed by atoms with Crippen molar-refractivity contribution in [2.75, 3.05) is 5.73 Å². The predicted molar refractivity (Wildman–Crippen MR) is 71.5 cm³/mol. The fraction of sp³-hybridized carbons (Fsp3) is 0.214. The molecule has 0 spiro atoms. The molecule has 0 aliphatic carbocycles. The highest BCUT2D eigenvalue weighted by atomic mass is 16.1. The Balaban J connectivity index is 2.85. The number of amides is 1. The molecule has 3 heteroatoms. The molecular weight excluding hydrogens is 212 g/mol. The first-order chi connectivity index (χ1) is 8.19. The van der Waals surface area contributed by atoms with Crippen LogP contribution in [0.25, 0.3) is 0 Å². The third kappa shape index (κ3) is 3.79. The van der Waals surface area contributed by atoms with Crippen LogP contribution >= 0.6 is 0 Å². The number of carbonyl (C=O) groups is 1. The van der Waals surface area contributed by atoms with Crippen molar-refractivity contribution >= 4 is 11.6 Å². The van der Waals surface area contributed by atoms with Gasteiger partial charge in [-0.15, -0.1) is 0 Å². The summed E-state index contributed by atoms with van der Waals surface area (Å²) in [6, 6.07) is 7.03. The second kappa shape index (κ2) is 6.53. The number of nitrogens with one attached hydrogen (secondary N) is 1. The molecule has 0 heterocycles. The molecule has 1 rings (SSSR count). The molecule has 0 unspecified atom stereocenters. The van der Waals surface area contributed by atoms with E-state index >= 15 is 0 Å². The molecule has 0 bridgehead atoms. The van der Waals surface area contributed by atoms with Gasteiger partial charge in [-0.25, -0.2) is 0 Å². The van der Waals surface area contributed by atoms with Crippen LogP contribution < -0.4 is 11.1 Å². The van der Waals surface area contributed by atoms with Gasteiger partial charge < -0.3 is 11.1 Å². The van der Waals surface area contributed by atoms with E-state index in [1.807, 2.05) is 32.1 Å². The van der Waals surface area contributed by atoms with Crippen molar-refractivity contribution in [1.29, 1.82) is 0 Å². The molecule has 0 atom stereocenters. The lowest BCUT2D eigenvalue weighted by Crippen LogP contribution is -2.22. The molecule has 0 fully saturated rings. The minimum absolute atomic E-state index is 0.180. The van der Waals surface area contributed by atoms with Crippen LogP contribution in [-0.4, -0.2) is 5.91 Å². The van der Waals surface area contributed by atoms with Gasteiger partial charge in [-0.1, -0.05) is 31.2 Å². The van der Waals surface area contributed by atoms with Crippen LogP contribution in [0, 0.1) is 0 Å². The summed E-state index contributed by atoms with van der Waals surface area (Å²) in [7, 11) is 0. The van der Waals surface area contributed by atoms with Gasteiger partial charge in [-0.2, -0.15) is 0 Å². The number of nitrogens with two attached hydrogens (primary N) is 1. The Kier molecular flexibility index (Phi) is 5.01. The number of rotatable bonds is 4. The number of anilines is 1. The van der Waals surface area contributed by atoms with Crippen molar-refractivity contribution in [2.24, 2.45) is 0 Å². The lowest BCUT2D eigenvalue weighted by atomic mass is 10.1. The fourth-order valence-electron chi connectivity index (χ4n) is 1.46. The minimum atomic E-state index is -0.180. The zero-order valence-electron chi connectivity index (χ0n) is 10.2. The molecule has 3 N–H and O–H groups in total. The Hall–Kier alpha value is -2.03. The molecule has 0 aliphatic rings. The highest BCUT2D eigenvalue weighted by molar-refractivity contribution is 6.00. The van der Waals surface area contributed by atoms with E-state index in [0.717, 1.165) is 12.1 Å². The van der Waals surface area contributed by atoms with E-state index in [2.05, 4.69) is 5.32 Å². The summed E-state index contributed by atoms with van der Waals surface area (Å²) in [5.74, 6) is -0.180. The Morgan fingerprint density at radius 1 is 1.41 bits per heavy atom. The van der Waals surface area contributed by atoms with E-state index in [1.54, 1.807) is 24.3 Å². The van der Waals surface area contributed by atoms with Gasteiger partial charge in [0.15, 0.2) is 0 Å². The minimum Gasteiger partial charge on any atom is -0.398 e. The Morgan fingerprint density at radius 3 is 2.71 bits per heavy atom. The molecule has 17 heavy (non-hydrogen) atoms. The zero-order chi connectivity index (χ0) is 12.7. The quantitative estimate of drug-likeness (QED) is 0.617. The summed E-state index contributed by atoms with van der Waals surface area (Å²) in [6.07, 6.45) is 6.57. The van der Waals surface area contributed by atoms with E-state index in [9.17, 15) is 4.79 Å². The average Bonchev–Trinajstić information content (AvgIpc) is 2.30. The molecule has 90 valence electrons. The van der Waals surface area contributed by atoms with E-state index < -0.39 is 0 Å². The molecule has 0 aromatic heterocycles. The van der Waals surface area contributed by atoms with Crippen molar-refractivity contribution in [3.05, 3.63) is 53.8 Å². The maximum absolute atomic E-state index is 12.0. The smallest absolute Gasteiger partial charge is 0.257 e. The summed E-state index contributed by atoms with van der Waals surface area (Å²) in [4.78, 5) is 12.0. The number of hydrogen-bond donors (Lipinski definition) is 2. The maximum atomic E-state index is 12.0. The van der Waals surface area contributed by atoms with Gasteiger partial charge >= 0.3 is 0 Å².